The lowest BCUT2D eigenvalue weighted by Crippen LogP contribution is -2.39. The molecule has 4 heteroatoms. The highest BCUT2D eigenvalue weighted by Gasteiger charge is 2.32. The van der Waals surface area contributed by atoms with Crippen LogP contribution in [0.5, 0.6) is 0 Å². The number of amides is 1. The fourth-order valence-corrected chi connectivity index (χ4v) is 1.62. The molecule has 4 nitrogen and oxygen atoms in total. The van der Waals surface area contributed by atoms with Gasteiger partial charge >= 0.3 is 0 Å². The van der Waals surface area contributed by atoms with Crippen molar-refractivity contribution in [1.29, 1.82) is 0 Å². The third-order valence-corrected chi connectivity index (χ3v) is 2.23. The molecule has 2 atom stereocenters. The maximum absolute atomic E-state index is 11.1. The molecule has 1 saturated carbocycles. The number of hydrazine groups is 1. The van der Waals surface area contributed by atoms with Crippen molar-refractivity contribution in [2.24, 2.45) is 11.8 Å². The van der Waals surface area contributed by atoms with Gasteiger partial charge in [0.25, 0.3) is 0 Å². The van der Waals surface area contributed by atoms with Crippen LogP contribution in [0.15, 0.2) is 0 Å². The minimum atomic E-state index is -0.102. The number of nitrogens with two attached hydrogens (primary N) is 1. The van der Waals surface area contributed by atoms with E-state index in [0.717, 1.165) is 19.3 Å². The average molecular weight is 158 g/mol. The van der Waals surface area contributed by atoms with Gasteiger partial charge in [0.05, 0.1) is 12.0 Å². The zero-order valence-corrected chi connectivity index (χ0v) is 6.67. The van der Waals surface area contributed by atoms with E-state index in [1.54, 1.807) is 7.11 Å². The van der Waals surface area contributed by atoms with E-state index in [4.69, 9.17) is 10.6 Å². The third-order valence-electron chi connectivity index (χ3n) is 2.23. The lowest BCUT2D eigenvalue weighted by Gasteiger charge is -2.15. The van der Waals surface area contributed by atoms with E-state index in [1.165, 1.54) is 0 Å². The molecule has 1 amide bonds. The van der Waals surface area contributed by atoms with E-state index in [-0.39, 0.29) is 17.9 Å². The van der Waals surface area contributed by atoms with Gasteiger partial charge in [-0.2, -0.15) is 0 Å². The molecule has 0 radical (unpaired) electrons. The van der Waals surface area contributed by atoms with Crippen LogP contribution in [0.2, 0.25) is 0 Å². The standard InChI is InChI=1S/C7H14N2O2/c1-11-6-4-2-3-5(6)7(10)9-8/h5-6H,2-4,8H2,1H3,(H,9,10). The predicted octanol–water partition coefficient (Wildman–Crippen LogP) is -0.209. The average Bonchev–Trinajstić information content (AvgIpc) is 2.50. The predicted molar refractivity (Wildman–Crippen MR) is 40.5 cm³/mol. The van der Waals surface area contributed by atoms with Gasteiger partial charge in [-0.15, -0.1) is 0 Å². The number of hydrogen-bond acceptors (Lipinski definition) is 3. The minimum absolute atomic E-state index is 0.0370. The first-order valence-electron chi connectivity index (χ1n) is 3.83. The van der Waals surface area contributed by atoms with Crippen LogP contribution in [0.4, 0.5) is 0 Å². The molecule has 1 aliphatic carbocycles. The number of hydrogen-bond donors (Lipinski definition) is 2. The summed E-state index contributed by atoms with van der Waals surface area (Å²) in [5.74, 6) is 4.87. The molecule has 0 aromatic heterocycles. The molecule has 0 aromatic carbocycles. The van der Waals surface area contributed by atoms with Crippen LogP contribution in [-0.2, 0) is 9.53 Å². The number of carbonyl (C=O) groups is 1. The third kappa shape index (κ3) is 1.70. The maximum Gasteiger partial charge on any atom is 0.239 e. The van der Waals surface area contributed by atoms with E-state index in [1.807, 2.05) is 0 Å². The van der Waals surface area contributed by atoms with Gasteiger partial charge in [0.15, 0.2) is 0 Å². The molecule has 1 rings (SSSR count). The van der Waals surface area contributed by atoms with E-state index < -0.39 is 0 Å². The van der Waals surface area contributed by atoms with Gasteiger partial charge < -0.3 is 4.74 Å². The molecule has 0 aromatic rings. The van der Waals surface area contributed by atoms with Crippen molar-refractivity contribution in [3.05, 3.63) is 0 Å². The Bertz CT molecular complexity index is 149. The molecule has 0 heterocycles. The highest BCUT2D eigenvalue weighted by molar-refractivity contribution is 5.78. The number of nitrogens with one attached hydrogen (secondary N) is 1. The number of rotatable bonds is 2. The monoisotopic (exact) mass is 158 g/mol. The van der Waals surface area contributed by atoms with Gasteiger partial charge in [-0.3, -0.25) is 10.2 Å². The molecule has 1 fully saturated rings. The smallest absolute Gasteiger partial charge is 0.239 e. The van der Waals surface area contributed by atoms with Crippen LogP contribution in [0.25, 0.3) is 0 Å². The van der Waals surface area contributed by atoms with E-state index in [0.29, 0.717) is 0 Å². The number of methoxy groups -OCH3 is 1. The summed E-state index contributed by atoms with van der Waals surface area (Å²) in [6.45, 7) is 0. The number of ether oxygens (including phenoxy) is 1. The second kappa shape index (κ2) is 3.69. The largest absolute Gasteiger partial charge is 0.381 e. The summed E-state index contributed by atoms with van der Waals surface area (Å²) in [5, 5.41) is 0. The summed E-state index contributed by atoms with van der Waals surface area (Å²) in [4.78, 5) is 11.1. The van der Waals surface area contributed by atoms with E-state index in [2.05, 4.69) is 5.43 Å². The van der Waals surface area contributed by atoms with Crippen molar-refractivity contribution >= 4 is 5.91 Å². The van der Waals surface area contributed by atoms with Gasteiger partial charge in [0.1, 0.15) is 0 Å². The van der Waals surface area contributed by atoms with Crippen molar-refractivity contribution in [2.45, 2.75) is 25.4 Å². The van der Waals surface area contributed by atoms with Gasteiger partial charge in [-0.25, -0.2) is 5.84 Å². The fourth-order valence-electron chi connectivity index (χ4n) is 1.62. The molecule has 0 saturated heterocycles. The van der Waals surface area contributed by atoms with Gasteiger partial charge in [-0.1, -0.05) is 0 Å². The van der Waals surface area contributed by atoms with Crippen LogP contribution in [0.3, 0.4) is 0 Å². The lowest BCUT2D eigenvalue weighted by molar-refractivity contribution is -0.128. The molecule has 0 spiro atoms. The Morgan fingerprint density at radius 3 is 2.91 bits per heavy atom. The Hall–Kier alpha value is -0.610. The molecule has 3 N–H and O–H groups in total. The molecule has 0 aliphatic heterocycles. The van der Waals surface area contributed by atoms with Gasteiger partial charge in [0, 0.05) is 7.11 Å². The quantitative estimate of drug-likeness (QED) is 0.332. The first-order valence-corrected chi connectivity index (χ1v) is 3.83. The Kier molecular flexibility index (Phi) is 2.84. The lowest BCUT2D eigenvalue weighted by atomic mass is 10.1. The second-order valence-corrected chi connectivity index (χ2v) is 2.82. The van der Waals surface area contributed by atoms with Crippen molar-refractivity contribution in [1.82, 2.24) is 5.43 Å². The zero-order valence-electron chi connectivity index (χ0n) is 6.67. The highest BCUT2D eigenvalue weighted by Crippen LogP contribution is 2.27. The Morgan fingerprint density at radius 1 is 1.64 bits per heavy atom. The molecular formula is C7H14N2O2. The second-order valence-electron chi connectivity index (χ2n) is 2.82. The molecule has 2 unspecified atom stereocenters. The van der Waals surface area contributed by atoms with Crippen LogP contribution < -0.4 is 11.3 Å². The van der Waals surface area contributed by atoms with Crippen LogP contribution in [0.1, 0.15) is 19.3 Å². The molecular weight excluding hydrogens is 144 g/mol. The topological polar surface area (TPSA) is 64.3 Å². The summed E-state index contributed by atoms with van der Waals surface area (Å²) in [6.07, 6.45) is 2.98. The van der Waals surface area contributed by atoms with Crippen molar-refractivity contribution < 1.29 is 9.53 Å². The SMILES string of the molecule is COC1CCCC1C(=O)NN. The normalized spacial score (nSPS) is 30.4. The summed E-state index contributed by atoms with van der Waals surface area (Å²) in [6, 6.07) is 0. The maximum atomic E-state index is 11.1. The van der Waals surface area contributed by atoms with E-state index in [9.17, 15) is 4.79 Å². The zero-order chi connectivity index (χ0) is 8.27. The first kappa shape index (κ1) is 8.49. The first-order chi connectivity index (χ1) is 5.29. The van der Waals surface area contributed by atoms with Gasteiger partial charge in [-0.05, 0) is 19.3 Å². The molecule has 1 aliphatic rings. The molecule has 64 valence electrons. The number of carbonyl (C=O) groups excluding carboxylic acids is 1. The minimum Gasteiger partial charge on any atom is -0.381 e. The Balaban J connectivity index is 2.49. The van der Waals surface area contributed by atoms with Crippen molar-refractivity contribution in [2.75, 3.05) is 7.11 Å². The van der Waals surface area contributed by atoms with Crippen molar-refractivity contribution in [3.8, 4) is 0 Å². The van der Waals surface area contributed by atoms with Crippen LogP contribution >= 0.6 is 0 Å². The summed E-state index contributed by atoms with van der Waals surface area (Å²) < 4.78 is 5.13. The Morgan fingerprint density at radius 2 is 2.36 bits per heavy atom. The van der Waals surface area contributed by atoms with Gasteiger partial charge in [0.2, 0.25) is 5.91 Å². The van der Waals surface area contributed by atoms with E-state index >= 15 is 0 Å². The summed E-state index contributed by atoms with van der Waals surface area (Å²) >= 11 is 0. The fraction of sp³-hybridized carbons (Fsp3) is 0.857. The molecule has 11 heavy (non-hydrogen) atoms. The highest BCUT2D eigenvalue weighted by atomic mass is 16.5. The summed E-state index contributed by atoms with van der Waals surface area (Å²) in [7, 11) is 1.63. The van der Waals surface area contributed by atoms with Crippen molar-refractivity contribution in [3.63, 3.8) is 0 Å². The summed E-state index contributed by atoms with van der Waals surface area (Å²) in [5.41, 5.74) is 2.15. The van der Waals surface area contributed by atoms with Crippen LogP contribution in [0, 0.1) is 5.92 Å². The van der Waals surface area contributed by atoms with Crippen LogP contribution in [-0.4, -0.2) is 19.1 Å². The Labute approximate surface area is 66.1 Å². The molecule has 0 bridgehead atoms.